The van der Waals surface area contributed by atoms with Gasteiger partial charge in [0.1, 0.15) is 4.99 Å². The third-order valence-electron chi connectivity index (χ3n) is 3.04. The quantitative estimate of drug-likeness (QED) is 0.814. The average molecular weight is 248 g/mol. The summed E-state index contributed by atoms with van der Waals surface area (Å²) in [6, 6.07) is 7.25. The number of nitrogens with two attached hydrogens (primary N) is 1. The van der Waals surface area contributed by atoms with Gasteiger partial charge < -0.3 is 10.6 Å². The molecule has 1 aliphatic heterocycles. The van der Waals surface area contributed by atoms with E-state index < -0.39 is 0 Å². The highest BCUT2D eigenvalue weighted by Gasteiger charge is 2.18. The number of benzene rings is 1. The van der Waals surface area contributed by atoms with Crippen LogP contribution in [0, 0.1) is 0 Å². The molecule has 0 atom stereocenters. The van der Waals surface area contributed by atoms with Crippen molar-refractivity contribution in [3.05, 3.63) is 35.4 Å². The Bertz CT molecular complexity index is 439. The number of nitrogens with zero attached hydrogens (tertiary/aromatic N) is 1. The Morgan fingerprint density at radius 2 is 1.82 bits per heavy atom. The van der Waals surface area contributed by atoms with Crippen LogP contribution in [0.3, 0.4) is 0 Å². The molecule has 0 spiro atoms. The van der Waals surface area contributed by atoms with Crippen molar-refractivity contribution in [1.29, 1.82) is 0 Å². The topological polar surface area (TPSA) is 46.3 Å². The molecule has 0 saturated carbocycles. The Hall–Kier alpha value is -1.42. The largest absolute Gasteiger partial charge is 0.389 e. The summed E-state index contributed by atoms with van der Waals surface area (Å²) in [5.74, 6) is 0.0859. The van der Waals surface area contributed by atoms with E-state index in [1.54, 1.807) is 6.07 Å². The van der Waals surface area contributed by atoms with Gasteiger partial charge in [0.2, 0.25) is 0 Å². The van der Waals surface area contributed by atoms with Gasteiger partial charge in [-0.05, 0) is 31.4 Å². The predicted octanol–water partition coefficient (Wildman–Crippen LogP) is 1.95. The van der Waals surface area contributed by atoms with Crippen LogP contribution in [0.15, 0.2) is 24.3 Å². The number of hydrogen-bond acceptors (Lipinski definition) is 2. The van der Waals surface area contributed by atoms with Crippen molar-refractivity contribution in [2.75, 3.05) is 13.1 Å². The summed E-state index contributed by atoms with van der Waals surface area (Å²) in [7, 11) is 0. The third-order valence-corrected chi connectivity index (χ3v) is 3.27. The molecule has 1 amide bonds. The van der Waals surface area contributed by atoms with Crippen molar-refractivity contribution in [1.82, 2.24) is 4.90 Å². The first-order chi connectivity index (χ1) is 8.18. The number of amides is 1. The highest BCUT2D eigenvalue weighted by molar-refractivity contribution is 7.80. The smallest absolute Gasteiger partial charge is 0.253 e. The molecule has 1 aliphatic rings. The van der Waals surface area contributed by atoms with Crippen LogP contribution in [-0.2, 0) is 0 Å². The molecule has 4 heteroatoms. The van der Waals surface area contributed by atoms with Crippen molar-refractivity contribution < 1.29 is 4.79 Å². The summed E-state index contributed by atoms with van der Waals surface area (Å²) in [6.45, 7) is 1.71. The molecule has 17 heavy (non-hydrogen) atoms. The first-order valence-corrected chi connectivity index (χ1v) is 6.28. The Morgan fingerprint density at radius 3 is 2.47 bits per heavy atom. The molecule has 2 N–H and O–H groups in total. The van der Waals surface area contributed by atoms with Crippen LogP contribution >= 0.6 is 12.2 Å². The van der Waals surface area contributed by atoms with E-state index in [1.807, 2.05) is 23.1 Å². The summed E-state index contributed by atoms with van der Waals surface area (Å²) in [5.41, 5.74) is 7.00. The maximum absolute atomic E-state index is 12.2. The van der Waals surface area contributed by atoms with Crippen molar-refractivity contribution in [2.24, 2.45) is 5.73 Å². The van der Waals surface area contributed by atoms with Crippen molar-refractivity contribution in [3.63, 3.8) is 0 Å². The van der Waals surface area contributed by atoms with Gasteiger partial charge in [0.05, 0.1) is 0 Å². The van der Waals surface area contributed by atoms with Gasteiger partial charge in [-0.3, -0.25) is 4.79 Å². The van der Waals surface area contributed by atoms with Crippen molar-refractivity contribution in [3.8, 4) is 0 Å². The average Bonchev–Trinajstić information content (AvgIpc) is 2.39. The Labute approximate surface area is 107 Å². The number of thiocarbonyl (C=S) groups is 1. The molecule has 0 radical (unpaired) electrons. The van der Waals surface area contributed by atoms with E-state index in [-0.39, 0.29) is 5.91 Å². The molecule has 1 aromatic rings. The number of piperidine rings is 1. The highest BCUT2D eigenvalue weighted by atomic mass is 32.1. The second-order valence-electron chi connectivity index (χ2n) is 4.30. The molecule has 2 rings (SSSR count). The monoisotopic (exact) mass is 248 g/mol. The molecule has 1 heterocycles. The second kappa shape index (κ2) is 5.27. The fourth-order valence-corrected chi connectivity index (χ4v) is 2.21. The van der Waals surface area contributed by atoms with E-state index in [1.165, 1.54) is 6.42 Å². The van der Waals surface area contributed by atoms with E-state index in [0.29, 0.717) is 10.6 Å². The molecule has 0 bridgehead atoms. The van der Waals surface area contributed by atoms with E-state index >= 15 is 0 Å². The van der Waals surface area contributed by atoms with E-state index in [2.05, 4.69) is 0 Å². The maximum atomic E-state index is 12.2. The van der Waals surface area contributed by atoms with Gasteiger partial charge in [-0.15, -0.1) is 0 Å². The predicted molar refractivity (Wildman–Crippen MR) is 72.1 cm³/mol. The molecular weight excluding hydrogens is 232 g/mol. The van der Waals surface area contributed by atoms with Crippen LogP contribution in [0.4, 0.5) is 0 Å². The first kappa shape index (κ1) is 12.0. The summed E-state index contributed by atoms with van der Waals surface area (Å²) < 4.78 is 0. The molecule has 1 saturated heterocycles. The fraction of sp³-hybridized carbons (Fsp3) is 0.385. The van der Waals surface area contributed by atoms with Crippen molar-refractivity contribution >= 4 is 23.1 Å². The molecule has 3 nitrogen and oxygen atoms in total. The van der Waals surface area contributed by atoms with Gasteiger partial charge in [-0.25, -0.2) is 0 Å². The minimum absolute atomic E-state index is 0.0859. The Morgan fingerprint density at radius 1 is 1.18 bits per heavy atom. The van der Waals surface area contributed by atoms with Crippen LogP contribution in [-0.4, -0.2) is 28.9 Å². The number of carbonyl (C=O) groups is 1. The lowest BCUT2D eigenvalue weighted by atomic mass is 10.1. The first-order valence-electron chi connectivity index (χ1n) is 5.87. The van der Waals surface area contributed by atoms with Gasteiger partial charge in [0.15, 0.2) is 0 Å². The van der Waals surface area contributed by atoms with Gasteiger partial charge in [0, 0.05) is 24.2 Å². The zero-order valence-electron chi connectivity index (χ0n) is 9.69. The molecule has 0 aromatic heterocycles. The van der Waals surface area contributed by atoms with E-state index in [0.717, 1.165) is 31.5 Å². The Balaban J connectivity index is 2.18. The molecule has 90 valence electrons. The number of likely N-dealkylation sites (tertiary alicyclic amines) is 1. The van der Waals surface area contributed by atoms with E-state index in [4.69, 9.17) is 18.0 Å². The highest BCUT2D eigenvalue weighted by Crippen LogP contribution is 2.14. The zero-order chi connectivity index (χ0) is 12.3. The summed E-state index contributed by atoms with van der Waals surface area (Å²) >= 11 is 4.92. The van der Waals surface area contributed by atoms with Crippen molar-refractivity contribution in [2.45, 2.75) is 19.3 Å². The van der Waals surface area contributed by atoms with Gasteiger partial charge in [-0.1, -0.05) is 24.4 Å². The number of carbonyl (C=O) groups excluding carboxylic acids is 1. The van der Waals surface area contributed by atoms with Crippen LogP contribution in [0.1, 0.15) is 35.2 Å². The molecule has 0 aliphatic carbocycles. The normalized spacial score (nSPS) is 15.6. The maximum Gasteiger partial charge on any atom is 0.253 e. The zero-order valence-corrected chi connectivity index (χ0v) is 10.5. The minimum Gasteiger partial charge on any atom is -0.389 e. The molecule has 0 unspecified atom stereocenters. The lowest BCUT2D eigenvalue weighted by Crippen LogP contribution is -2.35. The standard InChI is InChI=1S/C13H16N2OS/c14-12(17)10-5-4-6-11(9-10)13(16)15-7-2-1-3-8-15/h4-6,9H,1-3,7-8H2,(H2,14,17). The summed E-state index contributed by atoms with van der Waals surface area (Å²) in [6.07, 6.45) is 3.41. The molecule has 1 fully saturated rings. The summed E-state index contributed by atoms with van der Waals surface area (Å²) in [5, 5.41) is 0. The summed E-state index contributed by atoms with van der Waals surface area (Å²) in [4.78, 5) is 14.5. The van der Waals surface area contributed by atoms with E-state index in [9.17, 15) is 4.79 Å². The molecule has 1 aromatic carbocycles. The van der Waals surface area contributed by atoms with Crippen LogP contribution in [0.5, 0.6) is 0 Å². The second-order valence-corrected chi connectivity index (χ2v) is 4.74. The van der Waals surface area contributed by atoms with Gasteiger partial charge in [0.25, 0.3) is 5.91 Å². The van der Waals surface area contributed by atoms with Crippen LogP contribution in [0.2, 0.25) is 0 Å². The van der Waals surface area contributed by atoms with Crippen LogP contribution < -0.4 is 5.73 Å². The third kappa shape index (κ3) is 2.82. The van der Waals surface area contributed by atoms with Crippen LogP contribution in [0.25, 0.3) is 0 Å². The fourth-order valence-electron chi connectivity index (χ4n) is 2.09. The minimum atomic E-state index is 0.0859. The van der Waals surface area contributed by atoms with Gasteiger partial charge in [-0.2, -0.15) is 0 Å². The van der Waals surface area contributed by atoms with Gasteiger partial charge >= 0.3 is 0 Å². The lowest BCUT2D eigenvalue weighted by molar-refractivity contribution is 0.0724. The SMILES string of the molecule is NC(=S)c1cccc(C(=O)N2CCCCC2)c1. The Kier molecular flexibility index (Phi) is 3.74. The lowest BCUT2D eigenvalue weighted by Gasteiger charge is -2.26. The molecular formula is C13H16N2OS. The number of hydrogen-bond donors (Lipinski definition) is 1. The number of rotatable bonds is 2.